The molecular weight excluding hydrogens is 322 g/mol. The van der Waals surface area contributed by atoms with Gasteiger partial charge in [0.15, 0.2) is 17.3 Å². The lowest BCUT2D eigenvalue weighted by Gasteiger charge is -2.11. The average molecular weight is 334 g/mol. The van der Waals surface area contributed by atoms with E-state index in [1.54, 1.807) is 0 Å². The SMILES string of the molecule is COc1cc(Sc2cnc3ccccc3n2)c(F)c(OC)c1F. The lowest BCUT2D eigenvalue weighted by molar-refractivity contribution is 0.328. The first-order chi connectivity index (χ1) is 11.1. The zero-order valence-electron chi connectivity index (χ0n) is 12.3. The van der Waals surface area contributed by atoms with Gasteiger partial charge in [0.05, 0.1) is 36.3 Å². The zero-order chi connectivity index (χ0) is 16.4. The second kappa shape index (κ2) is 6.37. The van der Waals surface area contributed by atoms with Crippen molar-refractivity contribution >= 4 is 22.8 Å². The van der Waals surface area contributed by atoms with E-state index in [0.717, 1.165) is 17.3 Å². The number of hydrogen-bond donors (Lipinski definition) is 0. The molecule has 0 fully saturated rings. The van der Waals surface area contributed by atoms with Gasteiger partial charge in [0.25, 0.3) is 0 Å². The molecule has 1 heterocycles. The summed E-state index contributed by atoms with van der Waals surface area (Å²) in [5.74, 6) is -2.26. The quantitative estimate of drug-likeness (QED) is 0.719. The second-order valence-corrected chi connectivity index (χ2v) is 5.60. The van der Waals surface area contributed by atoms with Crippen molar-refractivity contribution in [1.29, 1.82) is 0 Å². The molecule has 1 aromatic heterocycles. The first kappa shape index (κ1) is 15.5. The predicted molar refractivity (Wildman–Crippen MR) is 83.1 cm³/mol. The zero-order valence-corrected chi connectivity index (χ0v) is 13.2. The van der Waals surface area contributed by atoms with Gasteiger partial charge >= 0.3 is 0 Å². The number of nitrogens with zero attached hydrogens (tertiary/aromatic N) is 2. The second-order valence-electron chi connectivity index (χ2n) is 4.54. The van der Waals surface area contributed by atoms with E-state index < -0.39 is 17.4 Å². The maximum atomic E-state index is 14.4. The minimum absolute atomic E-state index is 0.0977. The molecule has 3 rings (SSSR count). The van der Waals surface area contributed by atoms with E-state index >= 15 is 0 Å². The van der Waals surface area contributed by atoms with Gasteiger partial charge in [0.1, 0.15) is 5.03 Å². The molecule has 0 amide bonds. The minimum atomic E-state index is -0.874. The van der Waals surface area contributed by atoms with Crippen molar-refractivity contribution in [1.82, 2.24) is 9.97 Å². The number of ether oxygens (including phenoxy) is 2. The monoisotopic (exact) mass is 334 g/mol. The third-order valence-corrected chi connectivity index (χ3v) is 4.08. The third kappa shape index (κ3) is 2.92. The topological polar surface area (TPSA) is 44.2 Å². The predicted octanol–water partition coefficient (Wildman–Crippen LogP) is 4.08. The van der Waals surface area contributed by atoms with Crippen LogP contribution < -0.4 is 9.47 Å². The van der Waals surface area contributed by atoms with Crippen LogP contribution in [0.3, 0.4) is 0 Å². The molecule has 118 valence electrons. The Balaban J connectivity index is 2.04. The van der Waals surface area contributed by atoms with Crippen molar-refractivity contribution in [3.63, 3.8) is 0 Å². The Morgan fingerprint density at radius 1 is 1.00 bits per heavy atom. The maximum absolute atomic E-state index is 14.4. The summed E-state index contributed by atoms with van der Waals surface area (Å²) in [6, 6.07) is 8.62. The Morgan fingerprint density at radius 2 is 1.74 bits per heavy atom. The van der Waals surface area contributed by atoms with Crippen LogP contribution in [0.2, 0.25) is 0 Å². The molecule has 0 bridgehead atoms. The van der Waals surface area contributed by atoms with Crippen molar-refractivity contribution in [2.24, 2.45) is 0 Å². The normalized spacial score (nSPS) is 10.8. The number of methoxy groups -OCH3 is 2. The molecule has 0 saturated carbocycles. The summed E-state index contributed by atoms with van der Waals surface area (Å²) < 4.78 is 38.0. The molecule has 2 aromatic carbocycles. The number of rotatable bonds is 4. The fraction of sp³-hybridized carbons (Fsp3) is 0.125. The van der Waals surface area contributed by atoms with Crippen LogP contribution in [0.15, 0.2) is 46.5 Å². The summed E-state index contributed by atoms with van der Waals surface area (Å²) in [6.45, 7) is 0. The number of aromatic nitrogens is 2. The van der Waals surface area contributed by atoms with Crippen LogP contribution in [-0.2, 0) is 0 Å². The number of para-hydroxylation sites is 2. The molecule has 0 N–H and O–H groups in total. The fourth-order valence-corrected chi connectivity index (χ4v) is 2.89. The Kier molecular flexibility index (Phi) is 4.29. The fourth-order valence-electron chi connectivity index (χ4n) is 2.07. The number of halogens is 2. The maximum Gasteiger partial charge on any atom is 0.209 e. The molecule has 0 unspecified atom stereocenters. The van der Waals surface area contributed by atoms with Gasteiger partial charge in [0.2, 0.25) is 5.82 Å². The van der Waals surface area contributed by atoms with Gasteiger partial charge in [-0.1, -0.05) is 23.9 Å². The van der Waals surface area contributed by atoms with E-state index in [2.05, 4.69) is 9.97 Å². The van der Waals surface area contributed by atoms with Crippen molar-refractivity contribution in [2.45, 2.75) is 9.92 Å². The number of benzene rings is 2. The highest BCUT2D eigenvalue weighted by atomic mass is 32.2. The minimum Gasteiger partial charge on any atom is -0.493 e. The number of hydrogen-bond acceptors (Lipinski definition) is 5. The van der Waals surface area contributed by atoms with Gasteiger partial charge in [-0.05, 0) is 12.1 Å². The summed E-state index contributed by atoms with van der Waals surface area (Å²) in [4.78, 5) is 8.81. The smallest absolute Gasteiger partial charge is 0.209 e. The lowest BCUT2D eigenvalue weighted by Crippen LogP contribution is -1.99. The first-order valence-corrected chi connectivity index (χ1v) is 7.45. The standard InChI is InChI=1S/C16H12F2N2O2S/c1-21-11-7-12(15(18)16(22-2)14(11)17)23-13-8-19-9-5-3-4-6-10(9)20-13/h3-8H,1-2H3. The van der Waals surface area contributed by atoms with Gasteiger partial charge in [-0.2, -0.15) is 4.39 Å². The van der Waals surface area contributed by atoms with E-state index in [0.29, 0.717) is 10.5 Å². The summed E-state index contributed by atoms with van der Waals surface area (Å²) in [7, 11) is 2.51. The molecule has 0 atom stereocenters. The molecule has 7 heteroatoms. The van der Waals surface area contributed by atoms with Crippen LogP contribution in [0.4, 0.5) is 8.78 Å². The largest absolute Gasteiger partial charge is 0.493 e. The van der Waals surface area contributed by atoms with Crippen LogP contribution in [-0.4, -0.2) is 24.2 Å². The van der Waals surface area contributed by atoms with E-state index in [4.69, 9.17) is 9.47 Å². The highest BCUT2D eigenvalue weighted by Gasteiger charge is 2.21. The molecule has 0 radical (unpaired) electrons. The Hall–Kier alpha value is -2.41. The molecule has 0 aliphatic heterocycles. The molecule has 0 aliphatic carbocycles. The van der Waals surface area contributed by atoms with Crippen LogP contribution in [0.25, 0.3) is 11.0 Å². The van der Waals surface area contributed by atoms with Gasteiger partial charge in [0, 0.05) is 6.07 Å². The van der Waals surface area contributed by atoms with Crippen molar-refractivity contribution in [3.8, 4) is 11.5 Å². The van der Waals surface area contributed by atoms with E-state index in [9.17, 15) is 8.78 Å². The lowest BCUT2D eigenvalue weighted by atomic mass is 10.3. The molecular formula is C16H12F2N2O2S. The summed E-state index contributed by atoms with van der Waals surface area (Å²) >= 11 is 1.02. The van der Waals surface area contributed by atoms with Crippen LogP contribution >= 0.6 is 11.8 Å². The molecule has 23 heavy (non-hydrogen) atoms. The van der Waals surface area contributed by atoms with Gasteiger partial charge in [-0.25, -0.2) is 9.37 Å². The summed E-state index contributed by atoms with van der Waals surface area (Å²) in [5.41, 5.74) is 1.44. The highest BCUT2D eigenvalue weighted by molar-refractivity contribution is 7.99. The Labute approximate surface area is 135 Å². The highest BCUT2D eigenvalue weighted by Crippen LogP contribution is 2.39. The summed E-state index contributed by atoms with van der Waals surface area (Å²) in [5, 5.41) is 0.485. The molecule has 4 nitrogen and oxygen atoms in total. The van der Waals surface area contributed by atoms with Gasteiger partial charge < -0.3 is 9.47 Å². The Morgan fingerprint density at radius 3 is 2.43 bits per heavy atom. The van der Waals surface area contributed by atoms with E-state index in [-0.39, 0.29) is 10.6 Å². The van der Waals surface area contributed by atoms with Crippen molar-refractivity contribution < 1.29 is 18.3 Å². The van der Waals surface area contributed by atoms with Crippen molar-refractivity contribution in [3.05, 3.63) is 48.2 Å². The van der Waals surface area contributed by atoms with Crippen molar-refractivity contribution in [2.75, 3.05) is 14.2 Å². The van der Waals surface area contributed by atoms with Crippen LogP contribution in [0, 0.1) is 11.6 Å². The van der Waals surface area contributed by atoms with E-state index in [1.807, 2.05) is 24.3 Å². The third-order valence-electron chi connectivity index (χ3n) is 3.16. The van der Waals surface area contributed by atoms with Gasteiger partial charge in [-0.15, -0.1) is 0 Å². The van der Waals surface area contributed by atoms with Gasteiger partial charge in [-0.3, -0.25) is 4.98 Å². The Bertz CT molecular complexity index is 874. The molecule has 0 aliphatic rings. The molecule has 0 spiro atoms. The number of fused-ring (bicyclic) bond motifs is 1. The summed E-state index contributed by atoms with van der Waals surface area (Å²) in [6.07, 6.45) is 1.54. The van der Waals surface area contributed by atoms with Crippen LogP contribution in [0.5, 0.6) is 11.5 Å². The molecule has 0 saturated heterocycles. The average Bonchev–Trinajstić information content (AvgIpc) is 2.58. The first-order valence-electron chi connectivity index (χ1n) is 6.63. The van der Waals surface area contributed by atoms with Crippen LogP contribution in [0.1, 0.15) is 0 Å². The van der Waals surface area contributed by atoms with E-state index in [1.165, 1.54) is 26.5 Å². The molecule has 3 aromatic rings.